The second-order valence-electron chi connectivity index (χ2n) is 7.65. The van der Waals surface area contributed by atoms with Gasteiger partial charge in [0.15, 0.2) is 0 Å². The number of nitrogens with zero attached hydrogens (tertiary/aromatic N) is 2. The standard InChI is InChI=1S/C23H28ClN3.2H2O4S/c1-3-27(4-2)14-8-13-25-17-19-15-22(18-9-6-5-7-10-18)26-23-16-20(24)11-12-21(19)23;2*1-5(2,3)4/h5-7,9-12,15-16,25H,3-4,8,13-14,17H2,1-2H3;2*(H2,1,2,3,4). The lowest BCUT2D eigenvalue weighted by Crippen LogP contribution is -2.27. The number of pyridine rings is 1. The number of hydrogen-bond acceptors (Lipinski definition) is 7. The molecular formula is C23H32ClN3O8S2. The first-order valence-corrected chi connectivity index (χ1v) is 14.4. The normalized spacial score (nSPS) is 11.5. The zero-order valence-corrected chi connectivity index (χ0v) is 22.8. The highest BCUT2D eigenvalue weighted by Crippen LogP contribution is 2.26. The van der Waals surface area contributed by atoms with Crippen molar-refractivity contribution in [1.29, 1.82) is 0 Å². The number of aromatic nitrogens is 1. The Hall–Kier alpha value is -2.20. The molecule has 0 radical (unpaired) electrons. The minimum Gasteiger partial charge on any atom is -0.313 e. The van der Waals surface area contributed by atoms with Gasteiger partial charge in [-0.25, -0.2) is 4.98 Å². The van der Waals surface area contributed by atoms with Crippen molar-refractivity contribution in [2.75, 3.05) is 26.2 Å². The summed E-state index contributed by atoms with van der Waals surface area (Å²) in [5.41, 5.74) is 4.33. The van der Waals surface area contributed by atoms with E-state index in [4.69, 9.17) is 51.6 Å². The second-order valence-corrected chi connectivity index (χ2v) is 9.87. The summed E-state index contributed by atoms with van der Waals surface area (Å²) in [6.07, 6.45) is 1.15. The minimum absolute atomic E-state index is 0.721. The summed E-state index contributed by atoms with van der Waals surface area (Å²) >= 11 is 6.21. The molecule has 0 amide bonds. The fraction of sp³-hybridized carbons (Fsp3) is 0.348. The average Bonchev–Trinajstić information content (AvgIpc) is 2.79. The third kappa shape index (κ3) is 15.6. The van der Waals surface area contributed by atoms with Gasteiger partial charge in [0, 0.05) is 22.5 Å². The summed E-state index contributed by atoms with van der Waals surface area (Å²) in [6, 6.07) is 18.5. The third-order valence-corrected chi connectivity index (χ3v) is 5.20. The molecule has 0 atom stereocenters. The van der Waals surface area contributed by atoms with Crippen molar-refractivity contribution in [1.82, 2.24) is 15.2 Å². The Morgan fingerprint density at radius 3 is 2.00 bits per heavy atom. The molecule has 0 unspecified atom stereocenters. The Kier molecular flexibility index (Phi) is 14.1. The average molecular weight is 578 g/mol. The van der Waals surface area contributed by atoms with Crippen LogP contribution in [0.1, 0.15) is 25.8 Å². The van der Waals surface area contributed by atoms with E-state index in [2.05, 4.69) is 48.3 Å². The molecule has 206 valence electrons. The van der Waals surface area contributed by atoms with E-state index in [1.807, 2.05) is 30.3 Å². The number of fused-ring (bicyclic) bond motifs is 1. The van der Waals surface area contributed by atoms with Crippen LogP contribution in [0, 0.1) is 0 Å². The summed E-state index contributed by atoms with van der Waals surface area (Å²) in [7, 11) is -9.33. The first kappa shape index (κ1) is 32.8. The lowest BCUT2D eigenvalue weighted by Gasteiger charge is -2.18. The van der Waals surface area contributed by atoms with Gasteiger partial charge in [-0.2, -0.15) is 16.8 Å². The zero-order valence-electron chi connectivity index (χ0n) is 20.4. The molecule has 0 aliphatic carbocycles. The number of nitrogens with one attached hydrogen (secondary N) is 1. The molecule has 1 heterocycles. The third-order valence-electron chi connectivity index (χ3n) is 4.96. The molecule has 5 N–H and O–H groups in total. The Morgan fingerprint density at radius 2 is 1.46 bits per heavy atom. The predicted molar refractivity (Wildman–Crippen MR) is 145 cm³/mol. The van der Waals surface area contributed by atoms with Crippen LogP contribution in [-0.4, -0.2) is 71.1 Å². The highest BCUT2D eigenvalue weighted by molar-refractivity contribution is 7.80. The van der Waals surface area contributed by atoms with Gasteiger partial charge in [0.1, 0.15) is 0 Å². The van der Waals surface area contributed by atoms with Crippen LogP contribution in [0.5, 0.6) is 0 Å². The number of halogens is 1. The fourth-order valence-corrected chi connectivity index (χ4v) is 3.53. The van der Waals surface area contributed by atoms with Gasteiger partial charge >= 0.3 is 20.8 Å². The van der Waals surface area contributed by atoms with Crippen LogP contribution in [0.3, 0.4) is 0 Å². The quantitative estimate of drug-likeness (QED) is 0.183. The molecule has 0 fully saturated rings. The van der Waals surface area contributed by atoms with E-state index in [1.54, 1.807) is 0 Å². The topological polar surface area (TPSA) is 177 Å². The summed E-state index contributed by atoms with van der Waals surface area (Å²) in [4.78, 5) is 7.30. The Balaban J connectivity index is 0.000000583. The van der Waals surface area contributed by atoms with Crippen molar-refractivity contribution in [3.63, 3.8) is 0 Å². The van der Waals surface area contributed by atoms with Gasteiger partial charge in [0.2, 0.25) is 0 Å². The lowest BCUT2D eigenvalue weighted by molar-refractivity contribution is 0.298. The molecule has 11 nitrogen and oxygen atoms in total. The molecule has 0 spiro atoms. The van der Waals surface area contributed by atoms with Crippen LogP contribution in [0.25, 0.3) is 22.2 Å². The Morgan fingerprint density at radius 1 is 0.892 bits per heavy atom. The van der Waals surface area contributed by atoms with Gasteiger partial charge in [-0.3, -0.25) is 18.2 Å². The first-order chi connectivity index (χ1) is 17.2. The largest absolute Gasteiger partial charge is 0.394 e. The van der Waals surface area contributed by atoms with Gasteiger partial charge in [0.05, 0.1) is 11.2 Å². The number of hydrogen-bond donors (Lipinski definition) is 5. The van der Waals surface area contributed by atoms with Crippen LogP contribution in [0.4, 0.5) is 0 Å². The van der Waals surface area contributed by atoms with E-state index in [1.165, 1.54) is 5.56 Å². The van der Waals surface area contributed by atoms with Gasteiger partial charge in [-0.15, -0.1) is 0 Å². The number of rotatable bonds is 9. The van der Waals surface area contributed by atoms with Crippen molar-refractivity contribution in [2.45, 2.75) is 26.8 Å². The molecule has 0 aliphatic rings. The minimum atomic E-state index is -4.67. The van der Waals surface area contributed by atoms with Crippen molar-refractivity contribution >= 4 is 43.3 Å². The summed E-state index contributed by atoms with van der Waals surface area (Å²) in [5, 5.41) is 5.49. The second kappa shape index (κ2) is 15.9. The maximum absolute atomic E-state index is 8.74. The van der Waals surface area contributed by atoms with E-state index in [9.17, 15) is 0 Å². The molecule has 14 heteroatoms. The van der Waals surface area contributed by atoms with Crippen LogP contribution < -0.4 is 5.32 Å². The van der Waals surface area contributed by atoms with Crippen molar-refractivity contribution in [2.24, 2.45) is 0 Å². The van der Waals surface area contributed by atoms with Crippen molar-refractivity contribution in [3.8, 4) is 11.3 Å². The molecule has 3 aromatic rings. The molecule has 0 saturated carbocycles. The monoisotopic (exact) mass is 577 g/mol. The van der Waals surface area contributed by atoms with Crippen LogP contribution in [-0.2, 0) is 27.3 Å². The predicted octanol–water partition coefficient (Wildman–Crippen LogP) is 4.07. The van der Waals surface area contributed by atoms with Crippen molar-refractivity contribution < 1.29 is 35.0 Å². The fourth-order valence-electron chi connectivity index (χ4n) is 3.37. The molecular weight excluding hydrogens is 546 g/mol. The van der Waals surface area contributed by atoms with Crippen LogP contribution >= 0.6 is 11.6 Å². The summed E-state index contributed by atoms with van der Waals surface area (Å²) in [5.74, 6) is 0. The molecule has 0 bridgehead atoms. The summed E-state index contributed by atoms with van der Waals surface area (Å²) < 4.78 is 63.2. The van der Waals surface area contributed by atoms with E-state index in [-0.39, 0.29) is 0 Å². The van der Waals surface area contributed by atoms with E-state index in [0.717, 1.165) is 66.3 Å². The van der Waals surface area contributed by atoms with Gasteiger partial charge in [0.25, 0.3) is 0 Å². The van der Waals surface area contributed by atoms with Crippen LogP contribution in [0.2, 0.25) is 5.02 Å². The molecule has 0 saturated heterocycles. The Labute approximate surface area is 222 Å². The molecule has 0 aliphatic heterocycles. The smallest absolute Gasteiger partial charge is 0.313 e. The highest BCUT2D eigenvalue weighted by Gasteiger charge is 2.08. The molecule has 2 aromatic carbocycles. The maximum atomic E-state index is 8.74. The van der Waals surface area contributed by atoms with Gasteiger partial charge in [-0.1, -0.05) is 61.8 Å². The van der Waals surface area contributed by atoms with E-state index in [0.29, 0.717) is 0 Å². The first-order valence-electron chi connectivity index (χ1n) is 11.2. The Bertz CT molecular complexity index is 1270. The SMILES string of the molecule is CCN(CC)CCCNCc1cc(-c2ccccc2)nc2cc(Cl)ccc12.O=S(=O)(O)O.O=S(=O)(O)O. The maximum Gasteiger partial charge on any atom is 0.394 e. The number of benzene rings is 2. The van der Waals surface area contributed by atoms with Crippen molar-refractivity contribution in [3.05, 3.63) is 65.2 Å². The van der Waals surface area contributed by atoms with Crippen LogP contribution in [0.15, 0.2) is 54.6 Å². The zero-order chi connectivity index (χ0) is 28.1. The van der Waals surface area contributed by atoms with Gasteiger partial charge in [-0.05, 0) is 56.4 Å². The molecule has 3 rings (SSSR count). The van der Waals surface area contributed by atoms with E-state index < -0.39 is 20.8 Å². The summed E-state index contributed by atoms with van der Waals surface area (Å²) in [6.45, 7) is 9.65. The van der Waals surface area contributed by atoms with E-state index >= 15 is 0 Å². The highest BCUT2D eigenvalue weighted by atomic mass is 35.5. The molecule has 1 aromatic heterocycles. The molecule has 37 heavy (non-hydrogen) atoms. The van der Waals surface area contributed by atoms with Gasteiger partial charge < -0.3 is 10.2 Å². The lowest BCUT2D eigenvalue weighted by atomic mass is 10.0.